The minimum atomic E-state index is -4.76. The van der Waals surface area contributed by atoms with Gasteiger partial charge in [-0.2, -0.15) is 0 Å². The number of benzene rings is 3. The van der Waals surface area contributed by atoms with E-state index in [9.17, 15) is 18.0 Å². The van der Waals surface area contributed by atoms with E-state index in [0.717, 1.165) is 23.3 Å². The summed E-state index contributed by atoms with van der Waals surface area (Å²) < 4.78 is 40.6. The largest absolute Gasteiger partial charge is 0.573 e. The predicted octanol–water partition coefficient (Wildman–Crippen LogP) is 7.19. The molecule has 0 heterocycles. The van der Waals surface area contributed by atoms with Crippen LogP contribution in [0.5, 0.6) is 5.75 Å². The number of ether oxygens (including phenoxy) is 1. The fourth-order valence-electron chi connectivity index (χ4n) is 3.02. The smallest absolute Gasteiger partial charge is 0.406 e. The van der Waals surface area contributed by atoms with Gasteiger partial charge in [0.1, 0.15) is 5.75 Å². The molecule has 0 saturated carbocycles. The third-order valence-electron chi connectivity index (χ3n) is 4.58. The number of alkyl halides is 3. The Labute approximate surface area is 179 Å². The van der Waals surface area contributed by atoms with Crippen molar-refractivity contribution in [2.24, 2.45) is 0 Å². The highest BCUT2D eigenvalue weighted by molar-refractivity contribution is 6.02. The number of urea groups is 1. The van der Waals surface area contributed by atoms with Crippen LogP contribution in [0.3, 0.4) is 0 Å². The number of para-hydroxylation sites is 1. The number of carbonyl (C=O) groups excluding carboxylic acids is 1. The van der Waals surface area contributed by atoms with Crippen LogP contribution in [0, 0.1) is 0 Å². The molecule has 3 rings (SSSR count). The van der Waals surface area contributed by atoms with Crippen LogP contribution in [0.4, 0.5) is 29.3 Å². The zero-order chi connectivity index (χ0) is 22.6. The van der Waals surface area contributed by atoms with Crippen molar-refractivity contribution in [1.82, 2.24) is 0 Å². The van der Waals surface area contributed by atoms with E-state index >= 15 is 0 Å². The standard InChI is InChI=1S/C24H23F3N2O2/c1-23(2,3)17-10-8-16(9-11-17)20-6-4-5-7-21(20)29-22(30)28-18-12-14-19(15-13-18)31-24(25,26)27/h4-15H,1-3H3,(H2,28,29,30). The molecule has 3 aromatic rings. The van der Waals surface area contributed by atoms with Crippen LogP contribution >= 0.6 is 0 Å². The number of anilines is 2. The highest BCUT2D eigenvalue weighted by atomic mass is 19.4. The summed E-state index contributed by atoms with van der Waals surface area (Å²) >= 11 is 0. The van der Waals surface area contributed by atoms with E-state index in [1.807, 2.05) is 30.3 Å². The first kappa shape index (κ1) is 22.2. The van der Waals surface area contributed by atoms with Crippen molar-refractivity contribution in [2.75, 3.05) is 10.6 Å². The van der Waals surface area contributed by atoms with Gasteiger partial charge in [-0.3, -0.25) is 0 Å². The number of nitrogens with one attached hydrogen (secondary N) is 2. The molecule has 0 bridgehead atoms. The molecule has 0 aliphatic heterocycles. The van der Waals surface area contributed by atoms with Gasteiger partial charge in [-0.1, -0.05) is 63.2 Å². The minimum Gasteiger partial charge on any atom is -0.406 e. The van der Waals surface area contributed by atoms with Crippen molar-refractivity contribution < 1.29 is 22.7 Å². The first-order chi connectivity index (χ1) is 14.5. The number of rotatable bonds is 4. The lowest BCUT2D eigenvalue weighted by Gasteiger charge is -2.19. The molecule has 2 amide bonds. The molecule has 31 heavy (non-hydrogen) atoms. The van der Waals surface area contributed by atoms with Crippen molar-refractivity contribution in [3.05, 3.63) is 78.4 Å². The van der Waals surface area contributed by atoms with Crippen molar-refractivity contribution in [2.45, 2.75) is 32.5 Å². The highest BCUT2D eigenvalue weighted by Gasteiger charge is 2.31. The summed E-state index contributed by atoms with van der Waals surface area (Å²) in [4.78, 5) is 12.4. The van der Waals surface area contributed by atoms with Crippen molar-refractivity contribution in [3.8, 4) is 16.9 Å². The predicted molar refractivity (Wildman–Crippen MR) is 116 cm³/mol. The lowest BCUT2D eigenvalue weighted by molar-refractivity contribution is -0.274. The fraction of sp³-hybridized carbons (Fsp3) is 0.208. The Hall–Kier alpha value is -3.48. The maximum absolute atomic E-state index is 12.4. The second-order valence-corrected chi connectivity index (χ2v) is 8.02. The molecular weight excluding hydrogens is 405 g/mol. The van der Waals surface area contributed by atoms with Gasteiger partial charge < -0.3 is 15.4 Å². The molecule has 2 N–H and O–H groups in total. The van der Waals surface area contributed by atoms with E-state index in [1.165, 1.54) is 17.7 Å². The van der Waals surface area contributed by atoms with Gasteiger partial charge in [0, 0.05) is 11.3 Å². The SMILES string of the molecule is CC(C)(C)c1ccc(-c2ccccc2NC(=O)Nc2ccc(OC(F)(F)F)cc2)cc1. The third-order valence-corrected chi connectivity index (χ3v) is 4.58. The van der Waals surface area contributed by atoms with Crippen molar-refractivity contribution in [1.29, 1.82) is 0 Å². The quantitative estimate of drug-likeness (QED) is 0.462. The molecule has 0 aliphatic carbocycles. The van der Waals surface area contributed by atoms with Crippen molar-refractivity contribution >= 4 is 17.4 Å². The molecule has 0 fully saturated rings. The van der Waals surface area contributed by atoms with E-state index in [-0.39, 0.29) is 11.2 Å². The van der Waals surface area contributed by atoms with Crippen LogP contribution in [-0.4, -0.2) is 12.4 Å². The Morgan fingerprint density at radius 3 is 2.00 bits per heavy atom. The van der Waals surface area contributed by atoms with E-state index in [1.54, 1.807) is 6.07 Å². The summed E-state index contributed by atoms with van der Waals surface area (Å²) in [5.74, 6) is -0.359. The molecule has 7 heteroatoms. The molecule has 0 radical (unpaired) electrons. The Kier molecular flexibility index (Phi) is 6.24. The number of amides is 2. The summed E-state index contributed by atoms with van der Waals surface area (Å²) in [6.45, 7) is 6.43. The highest BCUT2D eigenvalue weighted by Crippen LogP contribution is 2.31. The van der Waals surface area contributed by atoms with Crippen LogP contribution in [0.25, 0.3) is 11.1 Å². The lowest BCUT2D eigenvalue weighted by Crippen LogP contribution is -2.20. The summed E-state index contributed by atoms with van der Waals surface area (Å²) in [5.41, 5.74) is 4.00. The second-order valence-electron chi connectivity index (χ2n) is 8.02. The molecule has 0 aliphatic rings. The summed E-state index contributed by atoms with van der Waals surface area (Å²) in [7, 11) is 0. The van der Waals surface area contributed by atoms with Gasteiger partial charge in [0.25, 0.3) is 0 Å². The maximum Gasteiger partial charge on any atom is 0.573 e. The number of halogens is 3. The Morgan fingerprint density at radius 1 is 0.806 bits per heavy atom. The normalized spacial score (nSPS) is 11.7. The van der Waals surface area contributed by atoms with Crippen LogP contribution in [0.15, 0.2) is 72.8 Å². The topological polar surface area (TPSA) is 50.4 Å². The lowest BCUT2D eigenvalue weighted by atomic mass is 9.86. The van der Waals surface area contributed by atoms with Crippen LogP contribution in [0.1, 0.15) is 26.3 Å². The van der Waals surface area contributed by atoms with Gasteiger partial charge in [-0.15, -0.1) is 13.2 Å². The van der Waals surface area contributed by atoms with Gasteiger partial charge in [0.2, 0.25) is 0 Å². The molecule has 0 unspecified atom stereocenters. The zero-order valence-corrected chi connectivity index (χ0v) is 17.4. The van der Waals surface area contributed by atoms with Crippen molar-refractivity contribution in [3.63, 3.8) is 0 Å². The van der Waals surface area contributed by atoms with Gasteiger partial charge in [0.15, 0.2) is 0 Å². The number of hydrogen-bond donors (Lipinski definition) is 2. The van der Waals surface area contributed by atoms with Gasteiger partial charge in [-0.25, -0.2) is 4.79 Å². The van der Waals surface area contributed by atoms with Gasteiger partial charge >= 0.3 is 12.4 Å². The van der Waals surface area contributed by atoms with E-state index in [0.29, 0.717) is 11.4 Å². The monoisotopic (exact) mass is 428 g/mol. The third kappa shape index (κ3) is 6.25. The van der Waals surface area contributed by atoms with Crippen LogP contribution in [0.2, 0.25) is 0 Å². The Bertz CT molecular complexity index is 1040. The molecule has 0 aromatic heterocycles. The molecule has 4 nitrogen and oxygen atoms in total. The molecule has 0 spiro atoms. The molecule has 0 atom stereocenters. The van der Waals surface area contributed by atoms with Gasteiger partial charge in [0.05, 0.1) is 5.69 Å². The number of hydrogen-bond acceptors (Lipinski definition) is 2. The van der Waals surface area contributed by atoms with Crippen LogP contribution < -0.4 is 15.4 Å². The molecular formula is C24H23F3N2O2. The van der Waals surface area contributed by atoms with E-state index in [4.69, 9.17) is 0 Å². The molecule has 162 valence electrons. The Morgan fingerprint density at radius 2 is 1.42 bits per heavy atom. The van der Waals surface area contributed by atoms with E-state index in [2.05, 4.69) is 48.3 Å². The minimum absolute atomic E-state index is 0.0386. The van der Waals surface area contributed by atoms with Gasteiger partial charge in [-0.05, 0) is 46.9 Å². The average molecular weight is 428 g/mol. The molecule has 3 aromatic carbocycles. The Balaban J connectivity index is 1.71. The molecule has 0 saturated heterocycles. The second kappa shape index (κ2) is 8.71. The summed E-state index contributed by atoms with van der Waals surface area (Å²) in [6.07, 6.45) is -4.76. The van der Waals surface area contributed by atoms with E-state index < -0.39 is 12.4 Å². The average Bonchev–Trinajstić information content (AvgIpc) is 2.68. The number of carbonyl (C=O) groups is 1. The summed E-state index contributed by atoms with van der Waals surface area (Å²) in [6, 6.07) is 20.0. The first-order valence-electron chi connectivity index (χ1n) is 9.65. The first-order valence-corrected chi connectivity index (χ1v) is 9.65. The fourth-order valence-corrected chi connectivity index (χ4v) is 3.02. The summed E-state index contributed by atoms with van der Waals surface area (Å²) in [5, 5.41) is 5.40. The zero-order valence-electron chi connectivity index (χ0n) is 17.4. The maximum atomic E-state index is 12.4. The van der Waals surface area contributed by atoms with Crippen LogP contribution in [-0.2, 0) is 5.41 Å².